The maximum atomic E-state index is 10.7. The van der Waals surface area contributed by atoms with Gasteiger partial charge in [0.25, 0.3) is 0 Å². The monoisotopic (exact) mass is 271 g/mol. The molecular formula is C13H22ClN3O. The lowest BCUT2D eigenvalue weighted by atomic mass is 9.82. The summed E-state index contributed by atoms with van der Waals surface area (Å²) in [6, 6.07) is 1.69. The van der Waals surface area contributed by atoms with Crippen LogP contribution in [0.1, 0.15) is 38.4 Å². The second-order valence-corrected chi connectivity index (χ2v) is 5.17. The van der Waals surface area contributed by atoms with Gasteiger partial charge in [-0.2, -0.15) is 0 Å². The molecule has 5 heteroatoms. The number of nitrogens with zero attached hydrogens (tertiary/aromatic N) is 2. The standard InChI is InChI=1S/C13H22ClN3O/c1-5-13(6-2,17(3)4)11(18)10-7-9(14)8-16-12(10)15/h7-8,11,18H,5-6H2,1-4H3,(H2,15,16). The topological polar surface area (TPSA) is 62.4 Å². The third-order valence-electron chi connectivity index (χ3n) is 3.83. The molecule has 1 unspecified atom stereocenters. The van der Waals surface area contributed by atoms with E-state index >= 15 is 0 Å². The number of likely N-dealkylation sites (N-methyl/N-ethyl adjacent to an activating group) is 1. The van der Waals surface area contributed by atoms with Crippen molar-refractivity contribution in [3.8, 4) is 0 Å². The summed E-state index contributed by atoms with van der Waals surface area (Å²) in [5, 5.41) is 11.2. The molecule has 0 saturated heterocycles. The lowest BCUT2D eigenvalue weighted by Gasteiger charge is -2.42. The largest absolute Gasteiger partial charge is 0.386 e. The molecule has 3 N–H and O–H groups in total. The molecule has 102 valence electrons. The van der Waals surface area contributed by atoms with E-state index in [2.05, 4.69) is 18.8 Å². The Morgan fingerprint density at radius 1 is 1.44 bits per heavy atom. The maximum Gasteiger partial charge on any atom is 0.129 e. The van der Waals surface area contributed by atoms with E-state index < -0.39 is 6.10 Å². The molecule has 0 amide bonds. The highest BCUT2D eigenvalue weighted by Gasteiger charge is 2.38. The zero-order valence-corrected chi connectivity index (χ0v) is 12.2. The van der Waals surface area contributed by atoms with Crippen molar-refractivity contribution in [2.75, 3.05) is 19.8 Å². The van der Waals surface area contributed by atoms with Crippen molar-refractivity contribution in [1.29, 1.82) is 0 Å². The number of hydrogen-bond donors (Lipinski definition) is 2. The smallest absolute Gasteiger partial charge is 0.129 e. The summed E-state index contributed by atoms with van der Waals surface area (Å²) in [7, 11) is 3.93. The van der Waals surface area contributed by atoms with E-state index in [1.54, 1.807) is 6.07 Å². The van der Waals surface area contributed by atoms with Crippen molar-refractivity contribution < 1.29 is 5.11 Å². The van der Waals surface area contributed by atoms with Crippen molar-refractivity contribution in [3.63, 3.8) is 0 Å². The number of nitrogen functional groups attached to an aromatic ring is 1. The maximum absolute atomic E-state index is 10.7. The van der Waals surface area contributed by atoms with Crippen LogP contribution in [0.15, 0.2) is 12.3 Å². The minimum absolute atomic E-state index is 0.333. The Bertz CT molecular complexity index is 405. The predicted molar refractivity (Wildman–Crippen MR) is 75.6 cm³/mol. The van der Waals surface area contributed by atoms with Crippen LogP contribution in [0.4, 0.5) is 5.82 Å². The van der Waals surface area contributed by atoms with Gasteiger partial charge >= 0.3 is 0 Å². The molecule has 1 aromatic rings. The molecule has 0 aliphatic heterocycles. The molecule has 18 heavy (non-hydrogen) atoms. The average molecular weight is 272 g/mol. The SMILES string of the molecule is CCC(CC)(C(O)c1cc(Cl)cnc1N)N(C)C. The van der Waals surface area contributed by atoms with Crippen LogP contribution in [-0.4, -0.2) is 34.6 Å². The summed E-state index contributed by atoms with van der Waals surface area (Å²) in [6.45, 7) is 4.11. The molecule has 0 aliphatic rings. The lowest BCUT2D eigenvalue weighted by Crippen LogP contribution is -2.48. The second kappa shape index (κ2) is 5.87. The molecule has 0 aromatic carbocycles. The van der Waals surface area contributed by atoms with Crippen LogP contribution in [0.3, 0.4) is 0 Å². The number of rotatable bonds is 5. The van der Waals surface area contributed by atoms with Crippen molar-refractivity contribution in [2.45, 2.75) is 38.3 Å². The van der Waals surface area contributed by atoms with E-state index in [0.717, 1.165) is 12.8 Å². The van der Waals surface area contributed by atoms with Crippen molar-refractivity contribution in [1.82, 2.24) is 9.88 Å². The van der Waals surface area contributed by atoms with Crippen LogP contribution in [-0.2, 0) is 0 Å². The molecule has 0 saturated carbocycles. The Morgan fingerprint density at radius 2 is 2.00 bits per heavy atom. The fraction of sp³-hybridized carbons (Fsp3) is 0.615. The molecule has 0 bridgehead atoms. The first kappa shape index (κ1) is 15.2. The summed E-state index contributed by atoms with van der Waals surface area (Å²) >= 11 is 5.93. The Balaban J connectivity index is 3.25. The zero-order chi connectivity index (χ0) is 13.9. The highest BCUT2D eigenvalue weighted by atomic mass is 35.5. The quantitative estimate of drug-likeness (QED) is 0.864. The van der Waals surface area contributed by atoms with Crippen LogP contribution < -0.4 is 5.73 Å². The Hall–Kier alpha value is -0.840. The first-order valence-electron chi connectivity index (χ1n) is 6.15. The minimum Gasteiger partial charge on any atom is -0.386 e. The van der Waals surface area contributed by atoms with Gasteiger partial charge in [0.1, 0.15) is 11.9 Å². The molecule has 1 heterocycles. The van der Waals surface area contributed by atoms with Gasteiger partial charge in [0.05, 0.1) is 10.6 Å². The van der Waals surface area contributed by atoms with Gasteiger partial charge in [-0.05, 0) is 33.0 Å². The van der Waals surface area contributed by atoms with Gasteiger partial charge in [0.2, 0.25) is 0 Å². The number of nitrogens with two attached hydrogens (primary N) is 1. The Morgan fingerprint density at radius 3 is 2.44 bits per heavy atom. The summed E-state index contributed by atoms with van der Waals surface area (Å²) in [5.74, 6) is 0.333. The van der Waals surface area contributed by atoms with Gasteiger partial charge in [-0.15, -0.1) is 0 Å². The molecule has 0 spiro atoms. The second-order valence-electron chi connectivity index (χ2n) is 4.74. The third-order valence-corrected chi connectivity index (χ3v) is 4.04. The fourth-order valence-electron chi connectivity index (χ4n) is 2.49. The molecule has 1 aromatic heterocycles. The summed E-state index contributed by atoms with van der Waals surface area (Å²) < 4.78 is 0. The zero-order valence-electron chi connectivity index (χ0n) is 11.4. The minimum atomic E-state index is -0.714. The van der Waals surface area contributed by atoms with Gasteiger partial charge in [-0.3, -0.25) is 0 Å². The summed E-state index contributed by atoms with van der Waals surface area (Å²) in [6.07, 6.45) is 2.39. The fourth-order valence-corrected chi connectivity index (χ4v) is 2.65. The number of anilines is 1. The number of aromatic nitrogens is 1. The van der Waals surface area contributed by atoms with Crippen LogP contribution in [0.2, 0.25) is 5.02 Å². The number of aliphatic hydroxyl groups excluding tert-OH is 1. The van der Waals surface area contributed by atoms with Gasteiger partial charge in [0, 0.05) is 11.8 Å². The predicted octanol–water partition coefficient (Wildman–Crippen LogP) is 2.47. The molecule has 4 nitrogen and oxygen atoms in total. The van der Waals surface area contributed by atoms with Gasteiger partial charge < -0.3 is 15.7 Å². The normalized spacial score (nSPS) is 13.9. The first-order chi connectivity index (χ1) is 8.39. The highest BCUT2D eigenvalue weighted by Crippen LogP contribution is 2.38. The van der Waals surface area contributed by atoms with Gasteiger partial charge in [0.15, 0.2) is 0 Å². The number of halogens is 1. The van der Waals surface area contributed by atoms with Crippen LogP contribution >= 0.6 is 11.6 Å². The number of pyridine rings is 1. The summed E-state index contributed by atoms with van der Waals surface area (Å²) in [4.78, 5) is 6.05. The van der Waals surface area contributed by atoms with Crippen molar-refractivity contribution in [3.05, 3.63) is 22.8 Å². The van der Waals surface area contributed by atoms with Gasteiger partial charge in [-0.25, -0.2) is 4.98 Å². The molecule has 0 radical (unpaired) electrons. The van der Waals surface area contributed by atoms with E-state index in [1.807, 2.05) is 19.0 Å². The number of aliphatic hydroxyl groups is 1. The Labute approximate surface area is 114 Å². The van der Waals surface area contributed by atoms with E-state index in [-0.39, 0.29) is 5.54 Å². The molecule has 1 atom stereocenters. The Kier molecular flexibility index (Phi) is 4.96. The van der Waals surface area contributed by atoms with E-state index in [0.29, 0.717) is 16.4 Å². The van der Waals surface area contributed by atoms with Gasteiger partial charge in [-0.1, -0.05) is 25.4 Å². The summed E-state index contributed by atoms with van der Waals surface area (Å²) in [5.41, 5.74) is 6.08. The average Bonchev–Trinajstić information content (AvgIpc) is 2.34. The van der Waals surface area contributed by atoms with Crippen LogP contribution in [0.25, 0.3) is 0 Å². The van der Waals surface area contributed by atoms with Crippen molar-refractivity contribution >= 4 is 17.4 Å². The van der Waals surface area contributed by atoms with E-state index in [4.69, 9.17) is 17.3 Å². The molecule has 0 aliphatic carbocycles. The van der Waals surface area contributed by atoms with Crippen LogP contribution in [0, 0.1) is 0 Å². The van der Waals surface area contributed by atoms with E-state index in [1.165, 1.54) is 6.20 Å². The number of hydrogen-bond acceptors (Lipinski definition) is 4. The first-order valence-corrected chi connectivity index (χ1v) is 6.53. The van der Waals surface area contributed by atoms with E-state index in [9.17, 15) is 5.11 Å². The molecule has 1 rings (SSSR count). The van der Waals surface area contributed by atoms with Crippen LogP contribution in [0.5, 0.6) is 0 Å². The third kappa shape index (κ3) is 2.60. The van der Waals surface area contributed by atoms with Crippen molar-refractivity contribution in [2.24, 2.45) is 0 Å². The lowest BCUT2D eigenvalue weighted by molar-refractivity contribution is -0.0146. The highest BCUT2D eigenvalue weighted by molar-refractivity contribution is 6.30. The molecule has 0 fully saturated rings. The molecular weight excluding hydrogens is 250 g/mol.